The lowest BCUT2D eigenvalue weighted by Gasteiger charge is -2.23. The summed E-state index contributed by atoms with van der Waals surface area (Å²) in [7, 11) is 0. The van der Waals surface area contributed by atoms with E-state index in [0.29, 0.717) is 0 Å². The van der Waals surface area contributed by atoms with Crippen molar-refractivity contribution in [1.82, 2.24) is 0 Å². The summed E-state index contributed by atoms with van der Waals surface area (Å²) in [5, 5.41) is 7.88. The molecule has 5 aromatic rings. The highest BCUT2D eigenvalue weighted by Gasteiger charge is 2.29. The van der Waals surface area contributed by atoms with Crippen LogP contribution < -0.4 is 10.6 Å². The Morgan fingerprint density at radius 1 is 0.488 bits per heavy atom. The van der Waals surface area contributed by atoms with Gasteiger partial charge in [-0.15, -0.1) is 0 Å². The Morgan fingerprint density at radius 2 is 0.902 bits per heavy atom. The van der Waals surface area contributed by atoms with Crippen molar-refractivity contribution in [2.24, 2.45) is 0 Å². The normalized spacial score (nSPS) is 16.1. The molecule has 1 nitrogen and oxygen atoms in total. The molecule has 1 aliphatic rings. The number of hydrogen-bond donors (Lipinski definition) is 0. The zero-order valence-corrected chi connectivity index (χ0v) is 27.2. The molecule has 5 aromatic carbocycles. The molecule has 0 bridgehead atoms. The van der Waals surface area contributed by atoms with Crippen LogP contribution in [-0.4, -0.2) is 0 Å². The summed E-state index contributed by atoms with van der Waals surface area (Å²) < 4.78 is 0. The van der Waals surface area contributed by atoms with Crippen LogP contribution in [0.3, 0.4) is 0 Å². The van der Waals surface area contributed by atoms with Crippen LogP contribution in [0.5, 0.6) is 0 Å². The maximum absolute atomic E-state index is 14.6. The molecule has 212 valence electrons. The lowest BCUT2D eigenvalue weighted by Crippen LogP contribution is -2.24. The standard InChI is InChI=1S/C40H46O/c1-37(2,3)25-13-22-14-26(38(4,5)6)19-30-29(18-24(17-25)33(22)30)35-31-20-27(39(7,8)9)15-23-16-28(40(10,11)12)21-32(34(23)31)36(35)41/h13-17,19-21H,18H2,1-12H3/b35-29+. The minimum Gasteiger partial charge on any atom is -0.289 e. The molecular weight excluding hydrogens is 496 g/mol. The highest BCUT2D eigenvalue weighted by Crippen LogP contribution is 2.43. The molecular formula is C40H46O. The molecule has 0 amide bonds. The topological polar surface area (TPSA) is 17.1 Å². The van der Waals surface area contributed by atoms with Crippen LogP contribution in [0.15, 0.2) is 53.3 Å². The smallest absolute Gasteiger partial charge is 0.194 e. The van der Waals surface area contributed by atoms with E-state index in [2.05, 4.69) is 132 Å². The van der Waals surface area contributed by atoms with Gasteiger partial charge in [0.15, 0.2) is 5.43 Å². The van der Waals surface area contributed by atoms with Crippen molar-refractivity contribution in [3.63, 3.8) is 0 Å². The molecule has 0 aromatic heterocycles. The molecule has 0 atom stereocenters. The first-order chi connectivity index (χ1) is 18.7. The molecule has 6 rings (SSSR count). The third kappa shape index (κ3) is 4.39. The van der Waals surface area contributed by atoms with E-state index in [1.807, 2.05) is 0 Å². The van der Waals surface area contributed by atoms with Gasteiger partial charge in [-0.2, -0.15) is 0 Å². The maximum atomic E-state index is 14.6. The van der Waals surface area contributed by atoms with Gasteiger partial charge in [0.05, 0.1) is 0 Å². The molecule has 1 heteroatoms. The summed E-state index contributed by atoms with van der Waals surface area (Å²) in [6.07, 6.45) is 0.797. The van der Waals surface area contributed by atoms with Gasteiger partial charge in [0.1, 0.15) is 0 Å². The molecule has 0 radical (unpaired) electrons. The van der Waals surface area contributed by atoms with Gasteiger partial charge in [0.25, 0.3) is 0 Å². The van der Waals surface area contributed by atoms with Crippen LogP contribution in [0, 0.1) is 0 Å². The fraction of sp³-hybridized carbons (Fsp3) is 0.425. The SMILES string of the molecule is CC(C)(C)c1cc2c3c(cc(C(C)(C)C)cc3c1)/C(=c1/c(=O)c3cc(C(C)(C)C)cc4cc(C(C)(C)C)cc1c43)C2. The third-order valence-corrected chi connectivity index (χ3v) is 9.38. The minimum atomic E-state index is -0.0427. The fourth-order valence-corrected chi connectivity index (χ4v) is 6.67. The summed E-state index contributed by atoms with van der Waals surface area (Å²) >= 11 is 0. The van der Waals surface area contributed by atoms with Crippen LogP contribution in [0.25, 0.3) is 37.9 Å². The lowest BCUT2D eigenvalue weighted by molar-refractivity contribution is 0.589. The molecule has 0 aliphatic heterocycles. The maximum Gasteiger partial charge on any atom is 0.194 e. The van der Waals surface area contributed by atoms with E-state index in [1.165, 1.54) is 55.1 Å². The van der Waals surface area contributed by atoms with E-state index in [-0.39, 0.29) is 27.1 Å². The highest BCUT2D eigenvalue weighted by molar-refractivity contribution is 6.14. The van der Waals surface area contributed by atoms with E-state index in [0.717, 1.165) is 27.8 Å². The van der Waals surface area contributed by atoms with Gasteiger partial charge >= 0.3 is 0 Å². The zero-order valence-electron chi connectivity index (χ0n) is 27.2. The summed E-state index contributed by atoms with van der Waals surface area (Å²) in [5.74, 6) is 0. The molecule has 0 unspecified atom stereocenters. The Hall–Kier alpha value is -3.19. The van der Waals surface area contributed by atoms with E-state index in [1.54, 1.807) is 0 Å². The second-order valence-electron chi connectivity index (χ2n) is 16.8. The number of hydrogen-bond acceptors (Lipinski definition) is 1. The quantitative estimate of drug-likeness (QED) is 0.190. The van der Waals surface area contributed by atoms with Gasteiger partial charge in [0.2, 0.25) is 0 Å². The average Bonchev–Trinajstić information content (AvgIpc) is 3.33. The average molecular weight is 543 g/mol. The second-order valence-corrected chi connectivity index (χ2v) is 16.8. The molecule has 0 saturated heterocycles. The number of rotatable bonds is 0. The van der Waals surface area contributed by atoms with Gasteiger partial charge in [-0.25, -0.2) is 0 Å². The summed E-state index contributed by atoms with van der Waals surface area (Å²) in [6.45, 7) is 27.3. The summed E-state index contributed by atoms with van der Waals surface area (Å²) in [6, 6.07) is 18.7. The number of benzene rings is 4. The molecule has 0 N–H and O–H groups in total. The molecule has 0 saturated carbocycles. The first-order valence-electron chi connectivity index (χ1n) is 15.3. The van der Waals surface area contributed by atoms with E-state index in [4.69, 9.17) is 0 Å². The van der Waals surface area contributed by atoms with Crippen molar-refractivity contribution >= 4 is 37.9 Å². The molecule has 0 spiro atoms. The van der Waals surface area contributed by atoms with Gasteiger partial charge in [-0.1, -0.05) is 119 Å². The third-order valence-electron chi connectivity index (χ3n) is 9.38. The van der Waals surface area contributed by atoms with Crippen molar-refractivity contribution in [3.8, 4) is 0 Å². The van der Waals surface area contributed by atoms with Crippen LogP contribution in [0.1, 0.15) is 116 Å². The van der Waals surface area contributed by atoms with Gasteiger partial charge in [0, 0.05) is 16.0 Å². The fourth-order valence-electron chi connectivity index (χ4n) is 6.67. The van der Waals surface area contributed by atoms with Crippen LogP contribution >= 0.6 is 0 Å². The Morgan fingerprint density at radius 3 is 1.39 bits per heavy atom. The first-order valence-corrected chi connectivity index (χ1v) is 15.3. The largest absolute Gasteiger partial charge is 0.289 e. The van der Waals surface area contributed by atoms with Crippen LogP contribution in [0.2, 0.25) is 0 Å². The summed E-state index contributed by atoms with van der Waals surface area (Å²) in [5.41, 5.74) is 9.17. The Labute approximate surface area is 246 Å². The van der Waals surface area contributed by atoms with E-state index < -0.39 is 0 Å². The Bertz CT molecular complexity index is 1980. The highest BCUT2D eigenvalue weighted by atomic mass is 16.1. The van der Waals surface area contributed by atoms with E-state index in [9.17, 15) is 4.79 Å². The lowest BCUT2D eigenvalue weighted by atomic mass is 9.81. The predicted molar refractivity (Wildman–Crippen MR) is 179 cm³/mol. The van der Waals surface area contributed by atoms with Crippen LogP contribution in [-0.2, 0) is 28.1 Å². The van der Waals surface area contributed by atoms with Crippen molar-refractivity contribution < 1.29 is 0 Å². The van der Waals surface area contributed by atoms with Gasteiger partial charge < -0.3 is 0 Å². The van der Waals surface area contributed by atoms with Gasteiger partial charge in [-0.3, -0.25) is 4.79 Å². The zero-order chi connectivity index (χ0) is 30.0. The Kier molecular flexibility index (Phi) is 5.75. The predicted octanol–water partition coefficient (Wildman–Crippen LogP) is 9.61. The summed E-state index contributed by atoms with van der Waals surface area (Å²) in [4.78, 5) is 14.6. The van der Waals surface area contributed by atoms with Gasteiger partial charge in [-0.05, 0) is 101 Å². The van der Waals surface area contributed by atoms with Crippen molar-refractivity contribution in [1.29, 1.82) is 0 Å². The molecule has 41 heavy (non-hydrogen) atoms. The minimum absolute atomic E-state index is 0.00460. The van der Waals surface area contributed by atoms with Crippen molar-refractivity contribution in [3.05, 3.63) is 97.4 Å². The first kappa shape index (κ1) is 28.0. The van der Waals surface area contributed by atoms with Crippen LogP contribution in [0.4, 0.5) is 0 Å². The van der Waals surface area contributed by atoms with Crippen molar-refractivity contribution in [2.75, 3.05) is 0 Å². The van der Waals surface area contributed by atoms with Crippen molar-refractivity contribution in [2.45, 2.75) is 111 Å². The Balaban J connectivity index is 1.82. The van der Waals surface area contributed by atoms with E-state index >= 15 is 0 Å². The molecule has 0 heterocycles. The monoisotopic (exact) mass is 542 g/mol. The second kappa shape index (κ2) is 8.43. The molecule has 0 fully saturated rings. The molecule has 1 aliphatic carbocycles.